The van der Waals surface area contributed by atoms with E-state index in [1.165, 1.54) is 18.2 Å². The van der Waals surface area contributed by atoms with E-state index >= 15 is 0 Å². The van der Waals surface area contributed by atoms with E-state index in [1.54, 1.807) is 6.92 Å². The van der Waals surface area contributed by atoms with E-state index in [1.807, 2.05) is 0 Å². The van der Waals surface area contributed by atoms with Crippen LogP contribution < -0.4 is 5.14 Å². The lowest BCUT2D eigenvalue weighted by molar-refractivity contribution is -0.154. The van der Waals surface area contributed by atoms with Crippen molar-refractivity contribution in [1.29, 1.82) is 0 Å². The number of sulfonamides is 1. The summed E-state index contributed by atoms with van der Waals surface area (Å²) >= 11 is 6.00. The van der Waals surface area contributed by atoms with E-state index < -0.39 is 49.6 Å². The molecule has 0 bridgehead atoms. The number of rotatable bonds is 3. The van der Waals surface area contributed by atoms with Crippen LogP contribution in [0.4, 0.5) is 22.0 Å². The highest BCUT2D eigenvalue weighted by Crippen LogP contribution is 2.43. The van der Waals surface area contributed by atoms with Gasteiger partial charge in [0.2, 0.25) is 15.8 Å². The second-order valence-electron chi connectivity index (χ2n) is 6.01. The second kappa shape index (κ2) is 7.08. The maximum absolute atomic E-state index is 14.2. The fraction of sp³-hybridized carbons (Fsp3) is 0.118. The van der Waals surface area contributed by atoms with E-state index in [4.69, 9.17) is 16.7 Å². The Balaban J connectivity index is 2.34. The monoisotopic (exact) mass is 452 g/mol. The van der Waals surface area contributed by atoms with E-state index in [-0.39, 0.29) is 16.3 Å². The number of aryl methyl sites for hydroxylation is 1. The van der Waals surface area contributed by atoms with E-state index in [0.717, 1.165) is 0 Å². The van der Waals surface area contributed by atoms with Crippen LogP contribution in [0.25, 0.3) is 22.4 Å². The zero-order chi connectivity index (χ0) is 21.7. The highest BCUT2D eigenvalue weighted by molar-refractivity contribution is 7.89. The smallest absolute Gasteiger partial charge is 0.350 e. The fourth-order valence-electron chi connectivity index (χ4n) is 2.66. The first-order valence-electron chi connectivity index (χ1n) is 7.66. The molecule has 3 rings (SSSR count). The third-order valence-electron chi connectivity index (χ3n) is 3.97. The van der Waals surface area contributed by atoms with Gasteiger partial charge in [-0.1, -0.05) is 28.9 Å². The molecule has 1 heterocycles. The molecule has 0 aliphatic heterocycles. The molecule has 0 aliphatic carbocycles. The molecule has 0 unspecified atom stereocenters. The number of nitrogens with two attached hydrogens (primary N) is 1. The summed E-state index contributed by atoms with van der Waals surface area (Å²) in [6.07, 6.45) is -5.05. The average Bonchev–Trinajstić information content (AvgIpc) is 3.00. The van der Waals surface area contributed by atoms with Crippen molar-refractivity contribution in [2.24, 2.45) is 5.14 Å². The third-order valence-corrected chi connectivity index (χ3v) is 5.33. The van der Waals surface area contributed by atoms with Crippen molar-refractivity contribution in [3.05, 3.63) is 58.3 Å². The minimum atomic E-state index is -5.05. The molecule has 154 valence electrons. The Morgan fingerprint density at radius 2 is 1.66 bits per heavy atom. The van der Waals surface area contributed by atoms with Crippen LogP contribution in [0.5, 0.6) is 0 Å². The molecule has 0 saturated heterocycles. The van der Waals surface area contributed by atoms with Crippen LogP contribution in [0.15, 0.2) is 39.8 Å². The van der Waals surface area contributed by atoms with Gasteiger partial charge in [-0.05, 0) is 36.2 Å². The molecule has 0 amide bonds. The van der Waals surface area contributed by atoms with Crippen LogP contribution in [-0.4, -0.2) is 13.6 Å². The first kappa shape index (κ1) is 21.2. The number of halogens is 6. The molecular formula is C17H10ClF5N2O3S. The Kier molecular flexibility index (Phi) is 5.18. The summed E-state index contributed by atoms with van der Waals surface area (Å²) in [5.41, 5.74) is -1.09. The van der Waals surface area contributed by atoms with Gasteiger partial charge in [-0.25, -0.2) is 22.3 Å². The van der Waals surface area contributed by atoms with Gasteiger partial charge in [0.15, 0.2) is 4.90 Å². The van der Waals surface area contributed by atoms with Gasteiger partial charge >= 0.3 is 6.18 Å². The van der Waals surface area contributed by atoms with Crippen LogP contribution in [0.1, 0.15) is 11.3 Å². The van der Waals surface area contributed by atoms with Gasteiger partial charge in [-0.2, -0.15) is 13.2 Å². The molecular weight excluding hydrogens is 443 g/mol. The molecule has 0 radical (unpaired) electrons. The zero-order valence-corrected chi connectivity index (χ0v) is 15.9. The molecule has 0 spiro atoms. The fourth-order valence-corrected chi connectivity index (χ4v) is 3.51. The van der Waals surface area contributed by atoms with Crippen LogP contribution >= 0.6 is 11.6 Å². The lowest BCUT2D eigenvalue weighted by Gasteiger charge is -2.10. The topological polar surface area (TPSA) is 86.2 Å². The standard InChI is InChI=1S/C17H10ClF5N2O3S/c1-7-2-3-8(4-10(7)18)14-13(16(28-25-14)17(21,22)23)9-5-11(19)15(12(20)6-9)29(24,26)27/h2-6H,1H3,(H2,24,26,27). The van der Waals surface area contributed by atoms with E-state index in [2.05, 4.69) is 9.68 Å². The first-order valence-corrected chi connectivity index (χ1v) is 9.58. The summed E-state index contributed by atoms with van der Waals surface area (Å²) in [6.45, 7) is 1.66. The average molecular weight is 453 g/mol. The molecule has 29 heavy (non-hydrogen) atoms. The Bertz CT molecular complexity index is 1200. The van der Waals surface area contributed by atoms with E-state index in [9.17, 15) is 30.4 Å². The van der Waals surface area contributed by atoms with Crippen LogP contribution in [0.3, 0.4) is 0 Å². The summed E-state index contributed by atoms with van der Waals surface area (Å²) in [6, 6.07) is 5.03. The van der Waals surface area contributed by atoms with Crippen molar-refractivity contribution in [2.75, 3.05) is 0 Å². The van der Waals surface area contributed by atoms with Crippen molar-refractivity contribution in [1.82, 2.24) is 5.16 Å². The molecule has 2 N–H and O–H groups in total. The number of alkyl halides is 3. The highest BCUT2D eigenvalue weighted by atomic mass is 35.5. The Morgan fingerprint density at radius 3 is 2.14 bits per heavy atom. The summed E-state index contributed by atoms with van der Waals surface area (Å²) in [4.78, 5) is -1.47. The Hall–Kier alpha value is -2.50. The van der Waals surface area contributed by atoms with Gasteiger partial charge in [0.25, 0.3) is 0 Å². The van der Waals surface area contributed by atoms with Crippen molar-refractivity contribution in [3.63, 3.8) is 0 Å². The Labute approximate surface area is 165 Å². The predicted octanol–water partition coefficient (Wildman–Crippen LogP) is 4.91. The predicted molar refractivity (Wildman–Crippen MR) is 93.4 cm³/mol. The zero-order valence-electron chi connectivity index (χ0n) is 14.3. The number of nitrogens with zero attached hydrogens (tertiary/aromatic N) is 1. The van der Waals surface area contributed by atoms with Gasteiger partial charge in [0, 0.05) is 10.6 Å². The van der Waals surface area contributed by atoms with Crippen LogP contribution in [-0.2, 0) is 16.2 Å². The minimum Gasteiger partial charge on any atom is -0.350 e. The molecule has 3 aromatic rings. The van der Waals surface area contributed by atoms with Gasteiger partial charge in [0.1, 0.15) is 17.3 Å². The van der Waals surface area contributed by atoms with Gasteiger partial charge in [-0.3, -0.25) is 0 Å². The highest BCUT2D eigenvalue weighted by Gasteiger charge is 2.41. The molecule has 1 aromatic heterocycles. The normalized spacial score (nSPS) is 12.4. The SMILES string of the molecule is Cc1ccc(-c2noc(C(F)(F)F)c2-c2cc(F)c(S(N)(=O)=O)c(F)c2)cc1Cl. The lowest BCUT2D eigenvalue weighted by atomic mass is 9.98. The van der Waals surface area contributed by atoms with Crippen molar-refractivity contribution < 1.29 is 34.9 Å². The lowest BCUT2D eigenvalue weighted by Crippen LogP contribution is -2.16. The van der Waals surface area contributed by atoms with Crippen molar-refractivity contribution in [2.45, 2.75) is 18.0 Å². The number of hydrogen-bond acceptors (Lipinski definition) is 4. The number of hydrogen-bond donors (Lipinski definition) is 1. The number of aromatic nitrogens is 1. The maximum atomic E-state index is 14.2. The summed E-state index contributed by atoms with van der Waals surface area (Å²) < 4.78 is 95.8. The molecule has 0 atom stereocenters. The molecule has 5 nitrogen and oxygen atoms in total. The minimum absolute atomic E-state index is 0.0891. The molecule has 0 saturated carbocycles. The third kappa shape index (κ3) is 3.98. The molecule has 12 heteroatoms. The number of benzene rings is 2. The molecule has 0 fully saturated rings. The van der Waals surface area contributed by atoms with Gasteiger partial charge in [0.05, 0.1) is 5.56 Å². The first-order chi connectivity index (χ1) is 13.3. The second-order valence-corrected chi connectivity index (χ2v) is 7.92. The largest absolute Gasteiger partial charge is 0.453 e. The molecule has 0 aliphatic rings. The quantitative estimate of drug-likeness (QED) is 0.572. The summed E-state index contributed by atoms with van der Waals surface area (Å²) in [5, 5.41) is 8.35. The molecule has 2 aromatic carbocycles. The van der Waals surface area contributed by atoms with Gasteiger partial charge < -0.3 is 4.52 Å². The van der Waals surface area contributed by atoms with Crippen LogP contribution in [0.2, 0.25) is 5.02 Å². The number of primary sulfonamides is 1. The summed E-state index contributed by atoms with van der Waals surface area (Å²) in [7, 11) is -4.79. The van der Waals surface area contributed by atoms with Crippen molar-refractivity contribution in [3.8, 4) is 22.4 Å². The van der Waals surface area contributed by atoms with Gasteiger partial charge in [-0.15, -0.1) is 0 Å². The van der Waals surface area contributed by atoms with Crippen LogP contribution in [0, 0.1) is 18.6 Å². The summed E-state index contributed by atoms with van der Waals surface area (Å²) in [5.74, 6) is -4.94. The van der Waals surface area contributed by atoms with E-state index in [0.29, 0.717) is 17.7 Å². The maximum Gasteiger partial charge on any atom is 0.453 e. The Morgan fingerprint density at radius 1 is 1.07 bits per heavy atom. The van der Waals surface area contributed by atoms with Crippen molar-refractivity contribution >= 4 is 21.6 Å².